The Morgan fingerprint density at radius 1 is 1.44 bits per heavy atom. The van der Waals surface area contributed by atoms with Crippen molar-refractivity contribution in [1.29, 1.82) is 0 Å². The van der Waals surface area contributed by atoms with Crippen LogP contribution in [0.3, 0.4) is 0 Å². The molecule has 1 aromatic carbocycles. The third-order valence-electron chi connectivity index (χ3n) is 2.43. The maximum absolute atomic E-state index is 11.2. The summed E-state index contributed by atoms with van der Waals surface area (Å²) < 4.78 is 4.63. The first-order chi connectivity index (χ1) is 8.52. The molecule has 1 aromatic rings. The molecule has 0 aliphatic heterocycles. The smallest absolute Gasteiger partial charge is 0.309 e. The van der Waals surface area contributed by atoms with E-state index < -0.39 is 0 Å². The Kier molecular flexibility index (Phi) is 5.26. The monoisotopic (exact) mass is 245 g/mol. The SMILES string of the molecule is COC(=O)Cc1ccc(N)c(C#CCC(C)C)c1. The van der Waals surface area contributed by atoms with Crippen LogP contribution in [0.5, 0.6) is 0 Å². The molecular weight excluding hydrogens is 226 g/mol. The van der Waals surface area contributed by atoms with Gasteiger partial charge in [0, 0.05) is 17.7 Å². The van der Waals surface area contributed by atoms with Gasteiger partial charge in [0.15, 0.2) is 0 Å². The molecule has 0 aliphatic carbocycles. The van der Waals surface area contributed by atoms with Crippen LogP contribution in [0.4, 0.5) is 5.69 Å². The Labute approximate surface area is 108 Å². The molecule has 0 radical (unpaired) electrons. The summed E-state index contributed by atoms with van der Waals surface area (Å²) in [4.78, 5) is 11.2. The van der Waals surface area contributed by atoms with Crippen LogP contribution in [0.2, 0.25) is 0 Å². The van der Waals surface area contributed by atoms with Crippen LogP contribution < -0.4 is 5.73 Å². The summed E-state index contributed by atoms with van der Waals surface area (Å²) in [7, 11) is 1.38. The van der Waals surface area contributed by atoms with Crippen molar-refractivity contribution in [3.63, 3.8) is 0 Å². The lowest BCUT2D eigenvalue weighted by Gasteiger charge is -2.03. The van der Waals surface area contributed by atoms with E-state index in [4.69, 9.17) is 5.73 Å². The minimum absolute atomic E-state index is 0.246. The molecule has 0 heterocycles. The number of benzene rings is 1. The van der Waals surface area contributed by atoms with Crippen molar-refractivity contribution >= 4 is 11.7 Å². The Hall–Kier alpha value is -1.95. The van der Waals surface area contributed by atoms with Gasteiger partial charge in [0.1, 0.15) is 0 Å². The van der Waals surface area contributed by atoms with Gasteiger partial charge in [-0.1, -0.05) is 31.8 Å². The Morgan fingerprint density at radius 3 is 2.78 bits per heavy atom. The van der Waals surface area contributed by atoms with Gasteiger partial charge in [-0.15, -0.1) is 0 Å². The summed E-state index contributed by atoms with van der Waals surface area (Å²) in [5, 5.41) is 0. The maximum atomic E-state index is 11.2. The minimum Gasteiger partial charge on any atom is -0.469 e. The number of hydrogen-bond donors (Lipinski definition) is 1. The highest BCUT2D eigenvalue weighted by Gasteiger charge is 2.04. The van der Waals surface area contributed by atoms with E-state index in [9.17, 15) is 4.79 Å². The molecule has 18 heavy (non-hydrogen) atoms. The lowest BCUT2D eigenvalue weighted by atomic mass is 10.1. The number of methoxy groups -OCH3 is 1. The van der Waals surface area contributed by atoms with Gasteiger partial charge < -0.3 is 10.5 Å². The van der Waals surface area contributed by atoms with Gasteiger partial charge in [0.25, 0.3) is 0 Å². The molecule has 0 saturated carbocycles. The maximum Gasteiger partial charge on any atom is 0.309 e. The second kappa shape index (κ2) is 6.70. The summed E-state index contributed by atoms with van der Waals surface area (Å²) >= 11 is 0. The van der Waals surface area contributed by atoms with E-state index >= 15 is 0 Å². The molecule has 3 heteroatoms. The topological polar surface area (TPSA) is 52.3 Å². The first-order valence-corrected chi connectivity index (χ1v) is 5.97. The van der Waals surface area contributed by atoms with Crippen LogP contribution in [0, 0.1) is 17.8 Å². The van der Waals surface area contributed by atoms with E-state index in [0.717, 1.165) is 17.5 Å². The number of nitrogens with two attached hydrogens (primary N) is 1. The van der Waals surface area contributed by atoms with E-state index in [2.05, 4.69) is 30.4 Å². The molecule has 0 bridgehead atoms. The van der Waals surface area contributed by atoms with Gasteiger partial charge in [-0.2, -0.15) is 0 Å². The van der Waals surface area contributed by atoms with E-state index in [1.165, 1.54) is 7.11 Å². The highest BCUT2D eigenvalue weighted by molar-refractivity contribution is 5.73. The van der Waals surface area contributed by atoms with Crippen molar-refractivity contribution in [2.24, 2.45) is 5.92 Å². The van der Waals surface area contributed by atoms with Gasteiger partial charge in [-0.05, 0) is 23.6 Å². The summed E-state index contributed by atoms with van der Waals surface area (Å²) in [6.45, 7) is 4.23. The lowest BCUT2D eigenvalue weighted by molar-refractivity contribution is -0.139. The molecule has 2 N–H and O–H groups in total. The summed E-state index contributed by atoms with van der Waals surface area (Å²) in [6, 6.07) is 5.44. The molecule has 0 amide bonds. The van der Waals surface area contributed by atoms with Gasteiger partial charge in [0.05, 0.1) is 13.5 Å². The van der Waals surface area contributed by atoms with Crippen molar-refractivity contribution in [3.05, 3.63) is 29.3 Å². The molecule has 0 saturated heterocycles. The van der Waals surface area contributed by atoms with Crippen LogP contribution in [0.15, 0.2) is 18.2 Å². The molecule has 0 unspecified atom stereocenters. The fourth-order valence-electron chi connectivity index (χ4n) is 1.41. The Balaban J connectivity index is 2.86. The molecule has 96 valence electrons. The summed E-state index contributed by atoms with van der Waals surface area (Å²) in [6.07, 6.45) is 1.08. The van der Waals surface area contributed by atoms with Crippen LogP contribution >= 0.6 is 0 Å². The highest BCUT2D eigenvalue weighted by atomic mass is 16.5. The molecule has 0 spiro atoms. The molecule has 1 rings (SSSR count). The highest BCUT2D eigenvalue weighted by Crippen LogP contribution is 2.14. The fourth-order valence-corrected chi connectivity index (χ4v) is 1.41. The van der Waals surface area contributed by atoms with Crippen LogP contribution in [0.1, 0.15) is 31.4 Å². The number of carbonyl (C=O) groups is 1. The minimum atomic E-state index is -0.263. The predicted molar refractivity (Wildman–Crippen MR) is 72.9 cm³/mol. The zero-order valence-corrected chi connectivity index (χ0v) is 11.1. The lowest BCUT2D eigenvalue weighted by Crippen LogP contribution is -2.05. The molecule has 0 atom stereocenters. The van der Waals surface area contributed by atoms with Crippen molar-refractivity contribution < 1.29 is 9.53 Å². The van der Waals surface area contributed by atoms with Crippen molar-refractivity contribution in [2.45, 2.75) is 26.7 Å². The molecule has 0 aromatic heterocycles. The zero-order valence-electron chi connectivity index (χ0n) is 11.1. The van der Waals surface area contributed by atoms with Crippen LogP contribution in [0.25, 0.3) is 0 Å². The predicted octanol–water partition coefficient (Wildman–Crippen LogP) is 2.38. The Bertz CT molecular complexity index is 481. The number of nitrogen functional groups attached to an aromatic ring is 1. The summed E-state index contributed by atoms with van der Waals surface area (Å²) in [5.74, 6) is 6.41. The number of anilines is 1. The molecular formula is C15H19NO2. The van der Waals surface area contributed by atoms with Gasteiger partial charge in [-0.25, -0.2) is 0 Å². The largest absolute Gasteiger partial charge is 0.469 e. The zero-order chi connectivity index (χ0) is 13.5. The number of esters is 1. The number of rotatable bonds is 3. The van der Waals surface area contributed by atoms with Crippen molar-refractivity contribution in [3.8, 4) is 11.8 Å². The molecule has 0 aliphatic rings. The fraction of sp³-hybridized carbons (Fsp3) is 0.400. The second-order valence-corrected chi connectivity index (χ2v) is 4.57. The first-order valence-electron chi connectivity index (χ1n) is 5.97. The number of ether oxygens (including phenoxy) is 1. The number of hydrogen-bond acceptors (Lipinski definition) is 3. The first kappa shape index (κ1) is 14.1. The van der Waals surface area contributed by atoms with Gasteiger partial charge in [0.2, 0.25) is 0 Å². The van der Waals surface area contributed by atoms with Crippen molar-refractivity contribution in [2.75, 3.05) is 12.8 Å². The number of carbonyl (C=O) groups excluding carboxylic acids is 1. The average molecular weight is 245 g/mol. The Morgan fingerprint density at radius 2 is 2.17 bits per heavy atom. The molecule has 3 nitrogen and oxygen atoms in total. The normalized spacial score (nSPS) is 9.78. The van der Waals surface area contributed by atoms with Crippen LogP contribution in [-0.4, -0.2) is 13.1 Å². The quantitative estimate of drug-likeness (QED) is 0.505. The third-order valence-corrected chi connectivity index (χ3v) is 2.43. The summed E-state index contributed by atoms with van der Waals surface area (Å²) in [5.41, 5.74) is 8.13. The molecule has 0 fully saturated rings. The second-order valence-electron chi connectivity index (χ2n) is 4.57. The van der Waals surface area contributed by atoms with Crippen molar-refractivity contribution in [1.82, 2.24) is 0 Å². The standard InChI is InChI=1S/C15H19NO2/c1-11(2)5-4-6-13-9-12(7-8-14(13)16)10-15(17)18-3/h7-9,11H,5,10,16H2,1-3H3. The van der Waals surface area contributed by atoms with Gasteiger partial charge in [-0.3, -0.25) is 4.79 Å². The van der Waals surface area contributed by atoms with Gasteiger partial charge >= 0.3 is 5.97 Å². The van der Waals surface area contributed by atoms with E-state index in [1.54, 1.807) is 6.07 Å². The van der Waals surface area contributed by atoms with E-state index in [0.29, 0.717) is 11.6 Å². The van der Waals surface area contributed by atoms with E-state index in [-0.39, 0.29) is 12.4 Å². The average Bonchev–Trinajstić information content (AvgIpc) is 2.32. The van der Waals surface area contributed by atoms with Crippen LogP contribution in [-0.2, 0) is 16.0 Å². The third kappa shape index (κ3) is 4.50. The van der Waals surface area contributed by atoms with E-state index in [1.807, 2.05) is 12.1 Å².